The molecule has 0 aliphatic carbocycles. The minimum atomic E-state index is -0.696. The van der Waals surface area contributed by atoms with Crippen LogP contribution in [-0.2, 0) is 0 Å². The number of nitrogens with zero attached hydrogens (tertiary/aromatic N) is 2. The molecule has 6 heteroatoms. The van der Waals surface area contributed by atoms with Crippen LogP contribution in [0.15, 0.2) is 53.3 Å². The van der Waals surface area contributed by atoms with Crippen LogP contribution >= 0.6 is 15.9 Å². The smallest absolute Gasteiger partial charge is 0.257 e. The summed E-state index contributed by atoms with van der Waals surface area (Å²) in [5, 5.41) is 4.54. The van der Waals surface area contributed by atoms with Gasteiger partial charge >= 0.3 is 0 Å². The number of nitrogens with one attached hydrogen (secondary N) is 1. The number of hydrogen-bond donors (Lipinski definition) is 1. The molecule has 3 rings (SSSR count). The van der Waals surface area contributed by atoms with E-state index in [2.05, 4.69) is 31.2 Å². The third-order valence-corrected chi connectivity index (χ3v) is 3.41. The van der Waals surface area contributed by atoms with E-state index >= 15 is 0 Å². The molecule has 0 saturated heterocycles. The molecule has 0 radical (unpaired) electrons. The van der Waals surface area contributed by atoms with Crippen LogP contribution < -0.4 is 5.32 Å². The van der Waals surface area contributed by atoms with Crippen LogP contribution in [0.2, 0.25) is 0 Å². The molecule has 0 aliphatic heterocycles. The maximum absolute atomic E-state index is 13.0. The van der Waals surface area contributed by atoms with E-state index in [0.29, 0.717) is 5.82 Å². The number of carbonyl (C=O) groups is 1. The lowest BCUT2D eigenvalue weighted by molar-refractivity contribution is 0.102. The van der Waals surface area contributed by atoms with Gasteiger partial charge in [-0.1, -0.05) is 22.0 Å². The monoisotopic (exact) mass is 345 g/mol. The molecule has 0 atom stereocenters. The van der Waals surface area contributed by atoms with Gasteiger partial charge in [-0.2, -0.15) is 4.39 Å². The third-order valence-electron chi connectivity index (χ3n) is 2.91. The number of amides is 1. The van der Waals surface area contributed by atoms with Gasteiger partial charge in [0.15, 0.2) is 0 Å². The molecular formula is C15H9BrFN3O. The molecule has 1 N–H and O–H groups in total. The van der Waals surface area contributed by atoms with Crippen LogP contribution in [0.1, 0.15) is 10.4 Å². The molecule has 0 spiro atoms. The highest BCUT2D eigenvalue weighted by atomic mass is 79.9. The Morgan fingerprint density at radius 1 is 1.10 bits per heavy atom. The number of pyridine rings is 2. The van der Waals surface area contributed by atoms with Crippen LogP contribution in [0.5, 0.6) is 0 Å². The molecule has 1 amide bonds. The molecule has 1 aromatic carbocycles. The lowest BCUT2D eigenvalue weighted by Crippen LogP contribution is -2.13. The first-order chi connectivity index (χ1) is 10.1. The van der Waals surface area contributed by atoms with Gasteiger partial charge in [-0.3, -0.25) is 4.79 Å². The van der Waals surface area contributed by atoms with Crippen molar-refractivity contribution in [1.29, 1.82) is 0 Å². The van der Waals surface area contributed by atoms with Crippen molar-refractivity contribution < 1.29 is 9.18 Å². The van der Waals surface area contributed by atoms with Crippen molar-refractivity contribution in [2.45, 2.75) is 0 Å². The molecule has 2 aromatic heterocycles. The van der Waals surface area contributed by atoms with Crippen molar-refractivity contribution in [2.75, 3.05) is 5.32 Å². The van der Waals surface area contributed by atoms with E-state index in [1.165, 1.54) is 12.3 Å². The SMILES string of the molecule is O=C(Nc1cc2cc(Br)ccc2cn1)c1ccnc(F)c1. The summed E-state index contributed by atoms with van der Waals surface area (Å²) in [4.78, 5) is 19.6. The number of rotatable bonds is 2. The van der Waals surface area contributed by atoms with Crippen molar-refractivity contribution in [3.05, 3.63) is 64.8 Å². The number of halogens is 2. The predicted octanol–water partition coefficient (Wildman–Crippen LogP) is 3.78. The van der Waals surface area contributed by atoms with E-state index in [0.717, 1.165) is 21.3 Å². The number of aromatic nitrogens is 2. The fraction of sp³-hybridized carbons (Fsp3) is 0. The van der Waals surface area contributed by atoms with Crippen LogP contribution in [0.4, 0.5) is 10.2 Å². The van der Waals surface area contributed by atoms with Crippen LogP contribution in [0.3, 0.4) is 0 Å². The van der Waals surface area contributed by atoms with Gasteiger partial charge in [-0.15, -0.1) is 0 Å². The Bertz CT molecular complexity index is 838. The van der Waals surface area contributed by atoms with Gasteiger partial charge in [0.05, 0.1) is 0 Å². The molecule has 0 saturated carbocycles. The number of benzene rings is 1. The molecule has 0 aliphatic rings. The lowest BCUT2D eigenvalue weighted by Gasteiger charge is -2.06. The Morgan fingerprint density at radius 3 is 2.76 bits per heavy atom. The van der Waals surface area contributed by atoms with Gasteiger partial charge < -0.3 is 5.32 Å². The second kappa shape index (κ2) is 5.57. The number of anilines is 1. The van der Waals surface area contributed by atoms with Gasteiger partial charge in [0.25, 0.3) is 5.91 Å². The average molecular weight is 346 g/mol. The molecule has 21 heavy (non-hydrogen) atoms. The highest BCUT2D eigenvalue weighted by molar-refractivity contribution is 9.10. The summed E-state index contributed by atoms with van der Waals surface area (Å²) in [6.07, 6.45) is 2.92. The number of hydrogen-bond acceptors (Lipinski definition) is 3. The molecule has 0 fully saturated rings. The van der Waals surface area contributed by atoms with Crippen molar-refractivity contribution in [3.8, 4) is 0 Å². The molecular weight excluding hydrogens is 337 g/mol. The maximum atomic E-state index is 13.0. The Balaban J connectivity index is 1.89. The van der Waals surface area contributed by atoms with Gasteiger partial charge in [-0.25, -0.2) is 9.97 Å². The zero-order valence-electron chi connectivity index (χ0n) is 10.7. The molecule has 3 aromatic rings. The molecule has 2 heterocycles. The normalized spacial score (nSPS) is 10.6. The highest BCUT2D eigenvalue weighted by Crippen LogP contribution is 2.21. The summed E-state index contributed by atoms with van der Waals surface area (Å²) in [5.41, 5.74) is 0.193. The van der Waals surface area contributed by atoms with Crippen LogP contribution in [0.25, 0.3) is 10.8 Å². The predicted molar refractivity (Wildman–Crippen MR) is 81.6 cm³/mol. The van der Waals surface area contributed by atoms with E-state index in [1.807, 2.05) is 18.2 Å². The van der Waals surface area contributed by atoms with Gasteiger partial charge in [0.2, 0.25) is 5.95 Å². The topological polar surface area (TPSA) is 54.9 Å². The van der Waals surface area contributed by atoms with Gasteiger partial charge in [0, 0.05) is 33.9 Å². The summed E-state index contributed by atoms with van der Waals surface area (Å²) in [7, 11) is 0. The fourth-order valence-corrected chi connectivity index (χ4v) is 2.29. The largest absolute Gasteiger partial charge is 0.307 e. The van der Waals surface area contributed by atoms with Crippen molar-refractivity contribution >= 4 is 38.4 Å². The highest BCUT2D eigenvalue weighted by Gasteiger charge is 2.08. The van der Waals surface area contributed by atoms with E-state index in [1.54, 1.807) is 12.3 Å². The zero-order chi connectivity index (χ0) is 14.8. The van der Waals surface area contributed by atoms with Crippen molar-refractivity contribution in [3.63, 3.8) is 0 Å². The third kappa shape index (κ3) is 3.05. The summed E-state index contributed by atoms with van der Waals surface area (Å²) in [5.74, 6) is -0.723. The minimum absolute atomic E-state index is 0.193. The Kier molecular flexibility index (Phi) is 3.62. The van der Waals surface area contributed by atoms with Crippen molar-refractivity contribution in [2.24, 2.45) is 0 Å². The lowest BCUT2D eigenvalue weighted by atomic mass is 10.2. The summed E-state index contributed by atoms with van der Waals surface area (Å²) in [6, 6.07) is 10.1. The molecule has 104 valence electrons. The quantitative estimate of drug-likeness (QED) is 0.719. The Morgan fingerprint density at radius 2 is 1.95 bits per heavy atom. The summed E-state index contributed by atoms with van der Waals surface area (Å²) in [6.45, 7) is 0. The van der Waals surface area contributed by atoms with E-state index in [4.69, 9.17) is 0 Å². The second-order valence-corrected chi connectivity index (χ2v) is 5.30. The van der Waals surface area contributed by atoms with Crippen LogP contribution in [0, 0.1) is 5.95 Å². The van der Waals surface area contributed by atoms with E-state index in [-0.39, 0.29) is 5.56 Å². The zero-order valence-corrected chi connectivity index (χ0v) is 12.3. The second-order valence-electron chi connectivity index (χ2n) is 4.38. The van der Waals surface area contributed by atoms with Gasteiger partial charge in [-0.05, 0) is 29.7 Å². The Hall–Kier alpha value is -2.34. The molecule has 0 bridgehead atoms. The number of carbonyl (C=O) groups excluding carboxylic acids is 1. The van der Waals surface area contributed by atoms with E-state index in [9.17, 15) is 9.18 Å². The standard InChI is InChI=1S/C15H9BrFN3O/c16-12-2-1-10-8-19-14(7-11(10)5-12)20-15(21)9-3-4-18-13(17)6-9/h1-8H,(H,19,20,21). The first kappa shape index (κ1) is 13.6. The van der Waals surface area contributed by atoms with Crippen molar-refractivity contribution in [1.82, 2.24) is 9.97 Å². The van der Waals surface area contributed by atoms with Crippen LogP contribution in [-0.4, -0.2) is 15.9 Å². The number of fused-ring (bicyclic) bond motifs is 1. The summed E-state index contributed by atoms with van der Waals surface area (Å²) < 4.78 is 13.9. The van der Waals surface area contributed by atoms with Gasteiger partial charge in [0.1, 0.15) is 5.82 Å². The Labute approximate surface area is 128 Å². The summed E-state index contributed by atoms with van der Waals surface area (Å²) >= 11 is 3.40. The first-order valence-corrected chi connectivity index (χ1v) is 6.89. The average Bonchev–Trinajstić information content (AvgIpc) is 2.46. The maximum Gasteiger partial charge on any atom is 0.257 e. The molecule has 4 nitrogen and oxygen atoms in total. The van der Waals surface area contributed by atoms with E-state index < -0.39 is 11.9 Å². The first-order valence-electron chi connectivity index (χ1n) is 6.10. The molecule has 0 unspecified atom stereocenters. The fourth-order valence-electron chi connectivity index (χ4n) is 1.91. The minimum Gasteiger partial charge on any atom is -0.307 e.